The molecule has 4 rings (SSSR count). The average Bonchev–Trinajstić information content (AvgIpc) is 2.87. The molecule has 0 saturated carbocycles. The molecular weight excluding hydrogens is 452 g/mol. The number of hydrogen-bond donors (Lipinski definition) is 3. The maximum Gasteiger partial charge on any atom is 0.248 e. The summed E-state index contributed by atoms with van der Waals surface area (Å²) in [6.07, 6.45) is 0. The quantitative estimate of drug-likeness (QED) is 0.447. The predicted octanol–water partition coefficient (Wildman–Crippen LogP) is 3.89. The molecule has 3 aromatic rings. The van der Waals surface area contributed by atoms with Crippen LogP contribution in [-0.2, 0) is 11.3 Å². The minimum Gasteiger partial charge on any atom is -0.508 e. The Balaban J connectivity index is 1.46. The molecule has 1 amide bonds. The third-order valence-corrected chi connectivity index (χ3v) is 6.73. The van der Waals surface area contributed by atoms with Crippen LogP contribution >= 0.6 is 0 Å². The maximum atomic E-state index is 11.5. The van der Waals surface area contributed by atoms with Gasteiger partial charge in [0.15, 0.2) is 0 Å². The molecule has 1 saturated heterocycles. The zero-order valence-corrected chi connectivity index (χ0v) is 20.7. The summed E-state index contributed by atoms with van der Waals surface area (Å²) in [5, 5.41) is 23.1. The Labute approximate surface area is 212 Å². The molecule has 0 aliphatic carbocycles. The van der Waals surface area contributed by atoms with Gasteiger partial charge in [0.2, 0.25) is 5.91 Å². The first-order valence-electron chi connectivity index (χ1n) is 12.1. The molecule has 0 bridgehead atoms. The normalized spacial score (nSPS) is 16.9. The fraction of sp³-hybridized carbons (Fsp3) is 0.310. The Morgan fingerprint density at radius 1 is 1.22 bits per heavy atom. The second-order valence-corrected chi connectivity index (χ2v) is 9.35. The lowest BCUT2D eigenvalue weighted by atomic mass is 9.96. The van der Waals surface area contributed by atoms with Crippen molar-refractivity contribution < 1.29 is 14.6 Å². The topological polar surface area (TPSA) is 112 Å². The molecule has 3 aromatic carbocycles. The van der Waals surface area contributed by atoms with E-state index in [1.54, 1.807) is 24.3 Å². The molecule has 1 heterocycles. The number of nitrogens with one attached hydrogen (secondary N) is 1. The second-order valence-electron chi connectivity index (χ2n) is 9.35. The van der Waals surface area contributed by atoms with Crippen molar-refractivity contribution in [2.45, 2.75) is 32.5 Å². The zero-order valence-electron chi connectivity index (χ0n) is 20.7. The van der Waals surface area contributed by atoms with E-state index in [0.29, 0.717) is 30.9 Å². The largest absolute Gasteiger partial charge is 0.508 e. The van der Waals surface area contributed by atoms with Crippen molar-refractivity contribution in [2.75, 3.05) is 26.3 Å². The lowest BCUT2D eigenvalue weighted by Gasteiger charge is -2.36. The van der Waals surface area contributed by atoms with E-state index in [1.807, 2.05) is 37.3 Å². The van der Waals surface area contributed by atoms with Crippen LogP contribution in [0, 0.1) is 18.3 Å². The number of nitrogens with zero attached hydrogens (tertiary/aromatic N) is 2. The van der Waals surface area contributed by atoms with Gasteiger partial charge in [0, 0.05) is 37.3 Å². The number of rotatable bonds is 8. The minimum absolute atomic E-state index is 0.139. The third kappa shape index (κ3) is 6.10. The van der Waals surface area contributed by atoms with E-state index >= 15 is 0 Å². The molecule has 2 atom stereocenters. The van der Waals surface area contributed by atoms with Gasteiger partial charge in [-0.25, -0.2) is 0 Å². The number of carbonyl (C=O) groups is 1. The fourth-order valence-electron chi connectivity index (χ4n) is 4.66. The molecule has 1 unspecified atom stereocenters. The Morgan fingerprint density at radius 2 is 2.00 bits per heavy atom. The number of primary amides is 1. The van der Waals surface area contributed by atoms with Crippen molar-refractivity contribution >= 4 is 5.91 Å². The van der Waals surface area contributed by atoms with E-state index in [2.05, 4.69) is 29.3 Å². The lowest BCUT2D eigenvalue weighted by Crippen LogP contribution is -2.50. The highest BCUT2D eigenvalue weighted by Gasteiger charge is 2.24. The maximum absolute atomic E-state index is 11.5. The molecular formula is C29H32N4O3. The number of benzene rings is 3. The summed E-state index contributed by atoms with van der Waals surface area (Å²) < 4.78 is 5.78. The first kappa shape index (κ1) is 25.4. The van der Waals surface area contributed by atoms with Crippen LogP contribution in [0.3, 0.4) is 0 Å². The summed E-state index contributed by atoms with van der Waals surface area (Å²) in [5.41, 5.74) is 11.5. The van der Waals surface area contributed by atoms with Crippen molar-refractivity contribution in [3.05, 3.63) is 88.5 Å². The molecule has 0 spiro atoms. The van der Waals surface area contributed by atoms with Crippen molar-refractivity contribution in [1.29, 1.82) is 5.26 Å². The molecule has 1 aliphatic heterocycles. The standard InChI is InChI=1S/C29H32N4O3/c1-19-11-24(29(31)35)7-8-28(19)25-12-22(13-27(34)14-25)17-33-9-10-36-18-26(33)16-32-20(2)23-5-3-21(15-30)4-6-23/h3-8,11-14,20,26,32,34H,9-10,16-18H2,1-2H3,(H2,31,35)/t20-,26?/m0/s1. The van der Waals surface area contributed by atoms with E-state index in [4.69, 9.17) is 15.7 Å². The molecule has 1 fully saturated rings. The lowest BCUT2D eigenvalue weighted by molar-refractivity contribution is -0.0116. The summed E-state index contributed by atoms with van der Waals surface area (Å²) in [4.78, 5) is 13.9. The van der Waals surface area contributed by atoms with Gasteiger partial charge in [0.25, 0.3) is 0 Å². The van der Waals surface area contributed by atoms with Gasteiger partial charge >= 0.3 is 0 Å². The summed E-state index contributed by atoms with van der Waals surface area (Å²) in [6, 6.07) is 21.1. The number of amides is 1. The van der Waals surface area contributed by atoms with E-state index in [-0.39, 0.29) is 17.8 Å². The van der Waals surface area contributed by atoms with Crippen molar-refractivity contribution in [3.8, 4) is 22.9 Å². The minimum atomic E-state index is -0.457. The van der Waals surface area contributed by atoms with Crippen LogP contribution in [0.2, 0.25) is 0 Å². The number of nitrogens with two attached hydrogens (primary N) is 1. The van der Waals surface area contributed by atoms with Crippen LogP contribution in [0.15, 0.2) is 60.7 Å². The van der Waals surface area contributed by atoms with Crippen LogP contribution in [0.25, 0.3) is 11.1 Å². The number of aryl methyl sites for hydroxylation is 1. The number of nitriles is 1. The molecule has 4 N–H and O–H groups in total. The predicted molar refractivity (Wildman–Crippen MR) is 139 cm³/mol. The fourth-order valence-corrected chi connectivity index (χ4v) is 4.66. The first-order chi connectivity index (χ1) is 17.3. The van der Waals surface area contributed by atoms with Gasteiger partial charge in [-0.1, -0.05) is 18.2 Å². The number of ether oxygens (including phenoxy) is 1. The van der Waals surface area contributed by atoms with Gasteiger partial charge in [-0.2, -0.15) is 5.26 Å². The number of phenolic OH excluding ortho intramolecular Hbond substituents is 1. The van der Waals surface area contributed by atoms with Crippen LogP contribution in [0.5, 0.6) is 5.75 Å². The van der Waals surface area contributed by atoms with E-state index < -0.39 is 5.91 Å². The molecule has 36 heavy (non-hydrogen) atoms. The molecule has 186 valence electrons. The van der Waals surface area contributed by atoms with Gasteiger partial charge in [-0.15, -0.1) is 0 Å². The first-order valence-corrected chi connectivity index (χ1v) is 12.1. The Kier molecular flexibility index (Phi) is 8.01. The third-order valence-electron chi connectivity index (χ3n) is 6.73. The Hall–Kier alpha value is -3.70. The number of morpholine rings is 1. The van der Waals surface area contributed by atoms with E-state index in [9.17, 15) is 9.90 Å². The van der Waals surface area contributed by atoms with Crippen LogP contribution in [0.4, 0.5) is 0 Å². The number of aromatic hydroxyl groups is 1. The SMILES string of the molecule is Cc1cc(C(N)=O)ccc1-c1cc(O)cc(CN2CCOCC2CN[C@@H](C)c2ccc(C#N)cc2)c1. The van der Waals surface area contributed by atoms with Crippen LogP contribution in [-0.4, -0.2) is 48.3 Å². The van der Waals surface area contributed by atoms with E-state index in [0.717, 1.165) is 40.9 Å². The Bertz CT molecular complexity index is 1270. The molecule has 1 aliphatic rings. The van der Waals surface area contributed by atoms with Crippen molar-refractivity contribution in [3.63, 3.8) is 0 Å². The molecule has 0 aromatic heterocycles. The zero-order chi connectivity index (χ0) is 25.7. The smallest absolute Gasteiger partial charge is 0.248 e. The van der Waals surface area contributed by atoms with Gasteiger partial charge in [-0.3, -0.25) is 9.69 Å². The molecule has 7 nitrogen and oxygen atoms in total. The number of phenols is 1. The number of hydrogen-bond acceptors (Lipinski definition) is 6. The van der Waals surface area contributed by atoms with Gasteiger partial charge in [0.05, 0.1) is 24.8 Å². The van der Waals surface area contributed by atoms with Crippen LogP contribution in [0.1, 0.15) is 45.6 Å². The van der Waals surface area contributed by atoms with Crippen molar-refractivity contribution in [2.24, 2.45) is 5.73 Å². The average molecular weight is 485 g/mol. The highest BCUT2D eigenvalue weighted by molar-refractivity contribution is 5.93. The van der Waals surface area contributed by atoms with Crippen molar-refractivity contribution in [1.82, 2.24) is 10.2 Å². The summed E-state index contributed by atoms with van der Waals surface area (Å²) in [7, 11) is 0. The monoisotopic (exact) mass is 484 g/mol. The molecule has 7 heteroatoms. The summed E-state index contributed by atoms with van der Waals surface area (Å²) in [5.74, 6) is -0.250. The highest BCUT2D eigenvalue weighted by atomic mass is 16.5. The second kappa shape index (κ2) is 11.4. The van der Waals surface area contributed by atoms with Gasteiger partial charge in [-0.05, 0) is 84.1 Å². The number of carbonyl (C=O) groups excluding carboxylic acids is 1. The summed E-state index contributed by atoms with van der Waals surface area (Å²) >= 11 is 0. The Morgan fingerprint density at radius 3 is 2.69 bits per heavy atom. The molecule has 0 radical (unpaired) electrons. The van der Waals surface area contributed by atoms with Gasteiger partial charge < -0.3 is 20.9 Å². The van der Waals surface area contributed by atoms with E-state index in [1.165, 1.54) is 0 Å². The van der Waals surface area contributed by atoms with Gasteiger partial charge in [0.1, 0.15) is 5.75 Å². The van der Waals surface area contributed by atoms with Crippen LogP contribution < -0.4 is 11.1 Å². The summed E-state index contributed by atoms with van der Waals surface area (Å²) in [6.45, 7) is 7.58. The highest BCUT2D eigenvalue weighted by Crippen LogP contribution is 2.30.